The number of carbonyl (C=O) groups is 3. The lowest BCUT2D eigenvalue weighted by molar-refractivity contribution is -0.155. The van der Waals surface area contributed by atoms with Crippen LogP contribution in [0.5, 0.6) is 5.75 Å². The first-order valence-corrected chi connectivity index (χ1v) is 16.8. The standard InChI is InChI=1S/C36H37F3N4O5S/c1-36(2,3)48-31(44)12-10-28(34(41)45)43-19-25-24(35(43)46)5-4-6-29(25)47-20-22-8-11-30(33(39)32(22)38)49-23-13-15-42(16-14-23)27-9-7-21(18-40)17-26(27)37/h4-9,11,17,23,28H,10,12-16,19-20H2,1-3H3,(H2,41,45)/t28-/m0/s1. The molecule has 2 heterocycles. The molecule has 0 aromatic heterocycles. The molecule has 1 saturated heterocycles. The summed E-state index contributed by atoms with van der Waals surface area (Å²) in [4.78, 5) is 41.2. The van der Waals surface area contributed by atoms with Gasteiger partial charge in [0.15, 0.2) is 11.6 Å². The zero-order valence-corrected chi connectivity index (χ0v) is 28.2. The van der Waals surface area contributed by atoms with Gasteiger partial charge >= 0.3 is 5.97 Å². The first-order valence-electron chi connectivity index (χ1n) is 15.9. The number of hydrogen-bond acceptors (Lipinski definition) is 8. The number of nitrogens with two attached hydrogens (primary N) is 1. The van der Waals surface area contributed by atoms with Crippen LogP contribution in [0.25, 0.3) is 0 Å². The molecule has 0 spiro atoms. The summed E-state index contributed by atoms with van der Waals surface area (Å²) in [5.74, 6) is -3.97. The van der Waals surface area contributed by atoms with Gasteiger partial charge in [0.05, 0.1) is 23.9 Å². The Hall–Kier alpha value is -4.70. The van der Waals surface area contributed by atoms with Gasteiger partial charge < -0.3 is 25.0 Å². The van der Waals surface area contributed by atoms with Crippen LogP contribution < -0.4 is 15.4 Å². The third-order valence-electron chi connectivity index (χ3n) is 8.36. The van der Waals surface area contributed by atoms with Crippen molar-refractivity contribution in [3.05, 3.63) is 88.2 Å². The number of nitriles is 1. The van der Waals surface area contributed by atoms with E-state index in [-0.39, 0.29) is 58.6 Å². The summed E-state index contributed by atoms with van der Waals surface area (Å²) in [6, 6.07) is 12.9. The lowest BCUT2D eigenvalue weighted by Gasteiger charge is -2.33. The van der Waals surface area contributed by atoms with E-state index < -0.39 is 46.9 Å². The Bertz CT molecular complexity index is 1800. The van der Waals surface area contributed by atoms with E-state index in [0.29, 0.717) is 37.2 Å². The SMILES string of the molecule is CC(C)(C)OC(=O)CC[C@@H](C(N)=O)N1Cc2c(OCc3ccc(SC4CCN(c5ccc(C#N)cc5F)CC4)c(F)c3F)cccc2C1=O. The third-order valence-corrected chi connectivity index (χ3v) is 9.74. The van der Waals surface area contributed by atoms with Gasteiger partial charge in [0.25, 0.3) is 5.91 Å². The topological polar surface area (TPSA) is 126 Å². The Morgan fingerprint density at radius 2 is 1.82 bits per heavy atom. The number of halogens is 3. The predicted octanol–water partition coefficient (Wildman–Crippen LogP) is 6.25. The van der Waals surface area contributed by atoms with Crippen LogP contribution >= 0.6 is 11.8 Å². The van der Waals surface area contributed by atoms with Gasteiger partial charge in [0, 0.05) is 46.3 Å². The summed E-state index contributed by atoms with van der Waals surface area (Å²) in [7, 11) is 0. The average molecular weight is 695 g/mol. The number of carbonyl (C=O) groups excluding carboxylic acids is 3. The molecule has 5 rings (SSSR count). The number of fused-ring (bicyclic) bond motifs is 1. The summed E-state index contributed by atoms with van der Waals surface area (Å²) < 4.78 is 56.2. The molecule has 2 N–H and O–H groups in total. The Morgan fingerprint density at radius 3 is 2.47 bits per heavy atom. The summed E-state index contributed by atoms with van der Waals surface area (Å²) in [6.45, 7) is 5.90. The molecular weight excluding hydrogens is 657 g/mol. The number of rotatable bonds is 11. The van der Waals surface area contributed by atoms with E-state index in [9.17, 15) is 18.8 Å². The van der Waals surface area contributed by atoms with Gasteiger partial charge in [-0.2, -0.15) is 5.26 Å². The van der Waals surface area contributed by atoms with Crippen molar-refractivity contribution < 1.29 is 37.0 Å². The minimum atomic E-state index is -1.07. The van der Waals surface area contributed by atoms with Crippen LogP contribution in [0.15, 0.2) is 53.4 Å². The highest BCUT2D eigenvalue weighted by molar-refractivity contribution is 8.00. The van der Waals surface area contributed by atoms with E-state index in [0.717, 1.165) is 0 Å². The summed E-state index contributed by atoms with van der Waals surface area (Å²) in [6.07, 6.45) is 1.11. The van der Waals surface area contributed by atoms with Gasteiger partial charge in [-0.15, -0.1) is 11.8 Å². The first kappa shape index (κ1) is 35.6. The predicted molar refractivity (Wildman–Crippen MR) is 177 cm³/mol. The molecule has 1 atom stereocenters. The molecule has 0 radical (unpaired) electrons. The Labute approximate surface area is 287 Å². The maximum Gasteiger partial charge on any atom is 0.306 e. The highest BCUT2D eigenvalue weighted by Gasteiger charge is 2.37. The Balaban J connectivity index is 1.20. The summed E-state index contributed by atoms with van der Waals surface area (Å²) >= 11 is 1.24. The van der Waals surface area contributed by atoms with Crippen molar-refractivity contribution in [2.75, 3.05) is 18.0 Å². The molecule has 13 heteroatoms. The molecule has 9 nitrogen and oxygen atoms in total. The van der Waals surface area contributed by atoms with Gasteiger partial charge in [-0.25, -0.2) is 13.2 Å². The van der Waals surface area contributed by atoms with Crippen LogP contribution in [-0.4, -0.2) is 52.7 Å². The van der Waals surface area contributed by atoms with E-state index in [1.165, 1.54) is 34.9 Å². The number of primary amides is 1. The Kier molecular flexibility index (Phi) is 10.8. The minimum Gasteiger partial charge on any atom is -0.488 e. The fraction of sp³-hybridized carbons (Fsp3) is 0.389. The fourth-order valence-corrected chi connectivity index (χ4v) is 7.11. The van der Waals surface area contributed by atoms with Crippen LogP contribution in [0.4, 0.5) is 18.9 Å². The molecule has 0 saturated carbocycles. The largest absolute Gasteiger partial charge is 0.488 e. The average Bonchev–Trinajstić information content (AvgIpc) is 3.38. The van der Waals surface area contributed by atoms with Crippen molar-refractivity contribution in [3.63, 3.8) is 0 Å². The molecule has 1 fully saturated rings. The van der Waals surface area contributed by atoms with E-state index in [2.05, 4.69) is 0 Å². The van der Waals surface area contributed by atoms with Crippen LogP contribution in [0.3, 0.4) is 0 Å². The second-order valence-electron chi connectivity index (χ2n) is 13.0. The third kappa shape index (κ3) is 8.31. The van der Waals surface area contributed by atoms with Crippen LogP contribution in [-0.2, 0) is 27.5 Å². The second-order valence-corrected chi connectivity index (χ2v) is 14.3. The van der Waals surface area contributed by atoms with E-state index >= 15 is 8.78 Å². The molecule has 49 heavy (non-hydrogen) atoms. The number of ether oxygens (including phenoxy) is 2. The van der Waals surface area contributed by atoms with Gasteiger partial charge in [-0.1, -0.05) is 12.1 Å². The van der Waals surface area contributed by atoms with Crippen LogP contribution in [0.2, 0.25) is 0 Å². The van der Waals surface area contributed by atoms with Gasteiger partial charge in [0.2, 0.25) is 5.91 Å². The number of benzene rings is 3. The zero-order valence-electron chi connectivity index (χ0n) is 27.4. The highest BCUT2D eigenvalue weighted by Crippen LogP contribution is 2.37. The molecule has 0 unspecified atom stereocenters. The van der Waals surface area contributed by atoms with Crippen molar-refractivity contribution in [3.8, 4) is 11.8 Å². The lowest BCUT2D eigenvalue weighted by Crippen LogP contribution is -2.45. The molecule has 0 aliphatic carbocycles. The number of amides is 2. The van der Waals surface area contributed by atoms with E-state index in [1.807, 2.05) is 11.0 Å². The van der Waals surface area contributed by atoms with Crippen molar-refractivity contribution in [2.45, 2.75) is 81.4 Å². The summed E-state index contributed by atoms with van der Waals surface area (Å²) in [5.41, 5.74) is 6.32. The number of nitrogens with zero attached hydrogens (tertiary/aromatic N) is 3. The van der Waals surface area contributed by atoms with Gasteiger partial charge in [-0.3, -0.25) is 14.4 Å². The normalized spacial score (nSPS) is 15.5. The van der Waals surface area contributed by atoms with Crippen LogP contribution in [0, 0.1) is 28.8 Å². The number of piperidine rings is 1. The number of esters is 1. The fourth-order valence-electron chi connectivity index (χ4n) is 5.97. The number of anilines is 1. The molecular formula is C36H37F3N4O5S. The van der Waals surface area contributed by atoms with Crippen molar-refractivity contribution in [1.29, 1.82) is 5.26 Å². The van der Waals surface area contributed by atoms with E-state index in [1.54, 1.807) is 51.1 Å². The first-order chi connectivity index (χ1) is 23.3. The molecule has 3 aromatic carbocycles. The number of thioether (sulfide) groups is 1. The second kappa shape index (κ2) is 14.8. The smallest absolute Gasteiger partial charge is 0.306 e. The molecule has 2 aliphatic heterocycles. The lowest BCUT2D eigenvalue weighted by atomic mass is 10.1. The van der Waals surface area contributed by atoms with E-state index in [4.69, 9.17) is 20.5 Å². The van der Waals surface area contributed by atoms with Crippen molar-refractivity contribution in [1.82, 2.24) is 4.90 Å². The van der Waals surface area contributed by atoms with Gasteiger partial charge in [-0.05, 0) is 76.4 Å². The molecule has 2 amide bonds. The highest BCUT2D eigenvalue weighted by atomic mass is 32.2. The van der Waals surface area contributed by atoms with Crippen LogP contribution in [0.1, 0.15) is 73.5 Å². The molecule has 0 bridgehead atoms. The monoisotopic (exact) mass is 694 g/mol. The minimum absolute atomic E-state index is 0.00514. The number of hydrogen-bond donors (Lipinski definition) is 1. The molecule has 2 aliphatic rings. The maximum atomic E-state index is 15.3. The quantitative estimate of drug-likeness (QED) is 0.234. The van der Waals surface area contributed by atoms with Crippen molar-refractivity contribution in [2.24, 2.45) is 5.73 Å². The Morgan fingerprint density at radius 1 is 1.08 bits per heavy atom. The zero-order chi connectivity index (χ0) is 35.5. The molecule has 3 aromatic rings. The van der Waals surface area contributed by atoms with Gasteiger partial charge in [0.1, 0.15) is 29.8 Å². The summed E-state index contributed by atoms with van der Waals surface area (Å²) in [5, 5.41) is 8.97. The van der Waals surface area contributed by atoms with Crippen molar-refractivity contribution >= 4 is 35.2 Å². The maximum absolute atomic E-state index is 15.3. The molecule has 258 valence electrons.